The van der Waals surface area contributed by atoms with Crippen LogP contribution in [-0.4, -0.2) is 46.6 Å². The molecular weight excluding hydrogens is 356 g/mol. The van der Waals surface area contributed by atoms with Crippen molar-refractivity contribution >= 4 is 5.97 Å². The molecule has 1 aliphatic rings. The van der Waals surface area contributed by atoms with Gasteiger partial charge in [-0.3, -0.25) is 14.3 Å². The third-order valence-corrected chi connectivity index (χ3v) is 4.19. The van der Waals surface area contributed by atoms with Gasteiger partial charge in [0.1, 0.15) is 24.7 Å². The summed E-state index contributed by atoms with van der Waals surface area (Å²) in [4.78, 5) is 37.9. The van der Waals surface area contributed by atoms with E-state index in [0.29, 0.717) is 5.75 Å². The van der Waals surface area contributed by atoms with Gasteiger partial charge in [-0.25, -0.2) is 9.59 Å². The zero-order chi connectivity index (χ0) is 22.1. The summed E-state index contributed by atoms with van der Waals surface area (Å²) in [7, 11) is 1.50. The number of benzene rings is 1. The van der Waals surface area contributed by atoms with Gasteiger partial charge in [-0.05, 0) is 31.1 Å². The fourth-order valence-corrected chi connectivity index (χ4v) is 2.70. The van der Waals surface area contributed by atoms with Crippen LogP contribution in [0.1, 0.15) is 32.7 Å². The van der Waals surface area contributed by atoms with Gasteiger partial charge >= 0.3 is 11.7 Å². The van der Waals surface area contributed by atoms with Crippen LogP contribution in [0.5, 0.6) is 5.75 Å². The lowest BCUT2D eigenvalue weighted by atomic mass is 10.2. The molecule has 1 aromatic heterocycles. The Labute approximate surface area is 158 Å². The molecule has 3 atom stereocenters. The summed E-state index contributed by atoms with van der Waals surface area (Å²) >= 11 is 0. The average molecular weight is 379 g/mol. The molecule has 0 amide bonds. The summed E-state index contributed by atoms with van der Waals surface area (Å²) < 4.78 is 38.8. The fraction of sp³-hybridized carbons (Fsp3) is 0.389. The molecular formula is C18H20N2O7. The molecule has 0 radical (unpaired) electrons. The normalized spacial score (nSPS) is 23.9. The van der Waals surface area contributed by atoms with Crippen LogP contribution in [-0.2, 0) is 9.47 Å². The number of esters is 1. The second-order valence-corrected chi connectivity index (χ2v) is 5.97. The molecule has 0 aliphatic carbocycles. The number of aliphatic hydroxyl groups is 1. The third-order valence-electron chi connectivity index (χ3n) is 4.19. The van der Waals surface area contributed by atoms with E-state index in [9.17, 15) is 19.5 Å². The van der Waals surface area contributed by atoms with E-state index in [-0.39, 0.29) is 18.6 Å². The van der Waals surface area contributed by atoms with Crippen molar-refractivity contribution in [1.82, 2.24) is 9.55 Å². The van der Waals surface area contributed by atoms with E-state index in [1.807, 2.05) is 4.98 Å². The standard InChI is InChI=1S/C18H20N2O7/c1-10-8-20(18(24)19-16(10)22)15-7-13(21)14(27-15)9-26-17(23)11-3-5-12(25-2)6-4-11/h3-6,8,13-15,21H,7,9H2,1-2H3,(H,19,22,24)/t13-,14-,15-/m1/s1/i1D3. The molecule has 1 aliphatic heterocycles. The Bertz CT molecular complexity index is 1030. The van der Waals surface area contributed by atoms with Crippen molar-refractivity contribution in [2.75, 3.05) is 13.7 Å². The molecule has 27 heavy (non-hydrogen) atoms. The molecule has 1 fully saturated rings. The largest absolute Gasteiger partial charge is 0.497 e. The molecule has 2 heterocycles. The number of nitrogens with one attached hydrogen (secondary N) is 1. The number of rotatable bonds is 5. The maximum absolute atomic E-state index is 12.1. The van der Waals surface area contributed by atoms with Crippen LogP contribution >= 0.6 is 0 Å². The lowest BCUT2D eigenvalue weighted by molar-refractivity contribution is -0.0532. The van der Waals surface area contributed by atoms with Crippen molar-refractivity contribution in [2.24, 2.45) is 0 Å². The SMILES string of the molecule is [2H]C([2H])([2H])c1cn([C@H]2C[C@@H](O)[C@@H](COC(=O)c3ccc(OC)cc3)O2)c(=O)[nH]c1=O. The summed E-state index contributed by atoms with van der Waals surface area (Å²) in [5, 5.41) is 10.2. The summed E-state index contributed by atoms with van der Waals surface area (Å²) in [6.07, 6.45) is -2.20. The monoisotopic (exact) mass is 379 g/mol. The Kier molecular flexibility index (Phi) is 4.37. The summed E-state index contributed by atoms with van der Waals surface area (Å²) in [5.74, 6) is -0.0606. The van der Waals surface area contributed by atoms with Crippen LogP contribution in [0.15, 0.2) is 40.1 Å². The van der Waals surface area contributed by atoms with Gasteiger partial charge in [0.25, 0.3) is 5.56 Å². The highest BCUT2D eigenvalue weighted by Crippen LogP contribution is 2.28. The highest BCUT2D eigenvalue weighted by Gasteiger charge is 2.36. The van der Waals surface area contributed by atoms with E-state index >= 15 is 0 Å². The number of hydrogen-bond acceptors (Lipinski definition) is 7. The van der Waals surface area contributed by atoms with Crippen molar-refractivity contribution in [1.29, 1.82) is 0 Å². The van der Waals surface area contributed by atoms with Gasteiger partial charge in [0, 0.05) is 22.3 Å². The van der Waals surface area contributed by atoms with Gasteiger partial charge in [0.2, 0.25) is 0 Å². The zero-order valence-electron chi connectivity index (χ0n) is 17.4. The maximum Gasteiger partial charge on any atom is 0.338 e. The first-order valence-corrected chi connectivity index (χ1v) is 8.11. The third kappa shape index (κ3) is 4.09. The van der Waals surface area contributed by atoms with Gasteiger partial charge in [-0.2, -0.15) is 0 Å². The van der Waals surface area contributed by atoms with Crippen molar-refractivity contribution in [3.05, 3.63) is 62.4 Å². The summed E-state index contributed by atoms with van der Waals surface area (Å²) in [5.41, 5.74) is -2.19. The average Bonchev–Trinajstić information content (AvgIpc) is 3.05. The highest BCUT2D eigenvalue weighted by atomic mass is 16.6. The van der Waals surface area contributed by atoms with E-state index in [4.69, 9.17) is 18.3 Å². The molecule has 9 heteroatoms. The number of carbonyl (C=O) groups excluding carboxylic acids is 1. The molecule has 1 aromatic carbocycles. The van der Waals surface area contributed by atoms with E-state index in [1.165, 1.54) is 19.2 Å². The van der Waals surface area contributed by atoms with Gasteiger partial charge in [0.05, 0.1) is 18.8 Å². The Balaban J connectivity index is 1.69. The number of carbonyl (C=O) groups is 1. The lowest BCUT2D eigenvalue weighted by Gasteiger charge is -2.16. The van der Waals surface area contributed by atoms with Crippen LogP contribution in [0.4, 0.5) is 0 Å². The first-order chi connectivity index (χ1) is 14.1. The molecule has 1 saturated heterocycles. The number of aromatic amines is 1. The Morgan fingerprint density at radius 2 is 2.15 bits per heavy atom. The topological polar surface area (TPSA) is 120 Å². The van der Waals surface area contributed by atoms with Crippen molar-refractivity contribution in [2.45, 2.75) is 31.7 Å². The van der Waals surface area contributed by atoms with Gasteiger partial charge < -0.3 is 19.3 Å². The molecule has 2 N–H and O–H groups in total. The van der Waals surface area contributed by atoms with Crippen LogP contribution in [0.3, 0.4) is 0 Å². The van der Waals surface area contributed by atoms with E-state index < -0.39 is 48.1 Å². The molecule has 0 bridgehead atoms. The van der Waals surface area contributed by atoms with Crippen molar-refractivity contribution in [3.63, 3.8) is 0 Å². The van der Waals surface area contributed by atoms with Crippen molar-refractivity contribution in [3.8, 4) is 5.75 Å². The maximum atomic E-state index is 12.1. The number of aliphatic hydroxyl groups excluding tert-OH is 1. The minimum Gasteiger partial charge on any atom is -0.497 e. The van der Waals surface area contributed by atoms with Gasteiger partial charge in [-0.15, -0.1) is 0 Å². The van der Waals surface area contributed by atoms with E-state index in [0.717, 1.165) is 10.8 Å². The zero-order valence-corrected chi connectivity index (χ0v) is 14.4. The smallest absolute Gasteiger partial charge is 0.338 e. The lowest BCUT2D eigenvalue weighted by Crippen LogP contribution is -2.33. The Morgan fingerprint density at radius 3 is 2.81 bits per heavy atom. The molecule has 2 aromatic rings. The Morgan fingerprint density at radius 1 is 1.41 bits per heavy atom. The predicted octanol–water partition coefficient (Wildman–Crippen LogP) is 0.359. The van der Waals surface area contributed by atoms with Gasteiger partial charge in [-0.1, -0.05) is 0 Å². The van der Waals surface area contributed by atoms with Gasteiger partial charge in [0.15, 0.2) is 0 Å². The number of aromatic nitrogens is 2. The Hall–Kier alpha value is -2.91. The number of ether oxygens (including phenoxy) is 3. The number of nitrogens with zero attached hydrogens (tertiary/aromatic N) is 1. The summed E-state index contributed by atoms with van der Waals surface area (Å²) in [6.45, 7) is -3.01. The number of methoxy groups -OCH3 is 1. The molecule has 0 saturated carbocycles. The minimum atomic E-state index is -2.73. The minimum absolute atomic E-state index is 0.0584. The fourth-order valence-electron chi connectivity index (χ4n) is 2.70. The van der Waals surface area contributed by atoms with Crippen LogP contribution in [0, 0.1) is 6.85 Å². The molecule has 3 rings (SSSR count). The number of H-pyrrole nitrogens is 1. The second-order valence-electron chi connectivity index (χ2n) is 5.97. The molecule has 0 spiro atoms. The van der Waals surface area contributed by atoms with Crippen LogP contribution in [0.2, 0.25) is 0 Å². The van der Waals surface area contributed by atoms with Crippen LogP contribution in [0.25, 0.3) is 0 Å². The molecule has 9 nitrogen and oxygen atoms in total. The molecule has 144 valence electrons. The second kappa shape index (κ2) is 7.77. The van der Waals surface area contributed by atoms with Crippen LogP contribution < -0.4 is 16.0 Å². The van der Waals surface area contributed by atoms with Crippen molar-refractivity contribution < 1.29 is 28.2 Å². The molecule has 0 unspecified atom stereocenters. The first kappa shape index (κ1) is 15.2. The quantitative estimate of drug-likeness (QED) is 0.720. The summed E-state index contributed by atoms with van der Waals surface area (Å²) in [6, 6.07) is 6.23. The van der Waals surface area contributed by atoms with E-state index in [2.05, 4.69) is 0 Å². The highest BCUT2D eigenvalue weighted by molar-refractivity contribution is 5.89. The van der Waals surface area contributed by atoms with E-state index in [1.54, 1.807) is 12.1 Å². The predicted molar refractivity (Wildman–Crippen MR) is 93.9 cm³/mol. The number of aryl methyl sites for hydroxylation is 1. The number of hydrogen-bond donors (Lipinski definition) is 2. The first-order valence-electron chi connectivity index (χ1n) is 9.61.